The van der Waals surface area contributed by atoms with Crippen molar-refractivity contribution < 1.29 is 37.0 Å². The highest BCUT2D eigenvalue weighted by atomic mass is 35.5. The molecule has 0 N–H and O–H groups in total. The summed E-state index contributed by atoms with van der Waals surface area (Å²) in [4.78, 5) is 41.8. The van der Waals surface area contributed by atoms with Gasteiger partial charge >= 0.3 is 18.1 Å². The third kappa shape index (κ3) is 6.13. The topological polar surface area (TPSA) is 96.2 Å². The number of thiazole rings is 1. The van der Waals surface area contributed by atoms with Gasteiger partial charge in [0.2, 0.25) is 0 Å². The van der Waals surface area contributed by atoms with Crippen LogP contribution < -0.4 is 19.6 Å². The van der Waals surface area contributed by atoms with E-state index in [4.69, 9.17) is 25.8 Å². The number of rotatable bonds is 8. The Hall–Kier alpha value is -3.90. The molecule has 210 valence electrons. The summed E-state index contributed by atoms with van der Waals surface area (Å²) < 4.78 is 59.1. The van der Waals surface area contributed by atoms with Crippen molar-refractivity contribution in [2.45, 2.75) is 26.1 Å². The second-order valence-electron chi connectivity index (χ2n) is 8.25. The number of allylic oxidation sites excluding steroid dienone is 1. The first kappa shape index (κ1) is 29.1. The fraction of sp³-hybridized carbons (Fsp3) is 0.259. The summed E-state index contributed by atoms with van der Waals surface area (Å²) in [6.07, 6.45) is -3.60. The van der Waals surface area contributed by atoms with Crippen LogP contribution in [0, 0.1) is 0 Å². The van der Waals surface area contributed by atoms with E-state index in [1.54, 1.807) is 31.2 Å². The molecule has 0 spiro atoms. The molecule has 1 aromatic heterocycles. The molecule has 0 bridgehead atoms. The summed E-state index contributed by atoms with van der Waals surface area (Å²) in [5.41, 5.74) is -2.35. The van der Waals surface area contributed by atoms with Gasteiger partial charge in [-0.05, 0) is 43.7 Å². The normalized spacial score (nSPS) is 15.3. The van der Waals surface area contributed by atoms with Crippen LogP contribution in [0.1, 0.15) is 31.0 Å². The SMILES string of the molecule is CCOC(=O)COc1ccccc1/C=c1\sc2n(c1=O)[C@H](c1ccc(Cl)cc1)C(C(=O)OCC)=C(C(F)(F)F)N=2. The van der Waals surface area contributed by atoms with Gasteiger partial charge in [-0.25, -0.2) is 14.6 Å². The predicted octanol–water partition coefficient (Wildman–Crippen LogP) is 3.94. The summed E-state index contributed by atoms with van der Waals surface area (Å²) in [5.74, 6) is -1.59. The third-order valence-corrected chi connectivity index (χ3v) is 6.87. The van der Waals surface area contributed by atoms with Gasteiger partial charge in [0.1, 0.15) is 5.75 Å². The van der Waals surface area contributed by atoms with Gasteiger partial charge in [0.25, 0.3) is 5.56 Å². The van der Waals surface area contributed by atoms with Crippen LogP contribution in [0.3, 0.4) is 0 Å². The number of esters is 2. The van der Waals surface area contributed by atoms with Gasteiger partial charge in [0, 0.05) is 10.6 Å². The van der Waals surface area contributed by atoms with Gasteiger partial charge in [0.15, 0.2) is 17.1 Å². The lowest BCUT2D eigenvalue weighted by Crippen LogP contribution is -2.41. The van der Waals surface area contributed by atoms with Crippen LogP contribution in [-0.2, 0) is 19.1 Å². The highest BCUT2D eigenvalue weighted by Gasteiger charge is 2.45. The van der Waals surface area contributed by atoms with E-state index in [1.807, 2.05) is 0 Å². The molecular weight excluding hydrogens is 573 g/mol. The van der Waals surface area contributed by atoms with Crippen molar-refractivity contribution >= 4 is 41.0 Å². The third-order valence-electron chi connectivity index (χ3n) is 5.64. The second kappa shape index (κ2) is 12.1. The number of para-hydroxylation sites is 1. The monoisotopic (exact) mass is 594 g/mol. The Morgan fingerprint density at radius 1 is 1.07 bits per heavy atom. The first-order valence-corrected chi connectivity index (χ1v) is 13.2. The lowest BCUT2D eigenvalue weighted by molar-refractivity contribution is -0.145. The number of ether oxygens (including phenoxy) is 3. The Balaban J connectivity index is 1.93. The van der Waals surface area contributed by atoms with E-state index in [1.165, 1.54) is 37.3 Å². The van der Waals surface area contributed by atoms with Gasteiger partial charge in [-0.3, -0.25) is 9.36 Å². The first-order chi connectivity index (χ1) is 19.0. The number of halogens is 4. The first-order valence-electron chi connectivity index (χ1n) is 12.0. The molecule has 4 rings (SSSR count). The quantitative estimate of drug-likeness (QED) is 0.367. The minimum atomic E-state index is -5.02. The maximum atomic E-state index is 14.2. The zero-order chi connectivity index (χ0) is 29.0. The summed E-state index contributed by atoms with van der Waals surface area (Å²) in [5, 5.41) is 0.313. The van der Waals surface area contributed by atoms with Gasteiger partial charge in [-0.2, -0.15) is 13.2 Å². The zero-order valence-corrected chi connectivity index (χ0v) is 22.7. The Morgan fingerprint density at radius 3 is 2.40 bits per heavy atom. The molecule has 0 radical (unpaired) electrons. The minimum Gasteiger partial charge on any atom is -0.481 e. The maximum absolute atomic E-state index is 14.2. The molecule has 1 aliphatic rings. The molecule has 0 amide bonds. The van der Waals surface area contributed by atoms with Crippen LogP contribution in [0.25, 0.3) is 6.08 Å². The number of hydrogen-bond donors (Lipinski definition) is 0. The van der Waals surface area contributed by atoms with Crippen LogP contribution in [0.2, 0.25) is 5.02 Å². The highest BCUT2D eigenvalue weighted by Crippen LogP contribution is 2.38. The molecule has 2 heterocycles. The molecule has 40 heavy (non-hydrogen) atoms. The molecule has 3 aromatic rings. The number of carbonyl (C=O) groups is 2. The number of benzene rings is 2. The number of alkyl halides is 3. The number of fused-ring (bicyclic) bond motifs is 1. The van der Waals surface area contributed by atoms with Crippen LogP contribution in [-0.4, -0.2) is 42.5 Å². The van der Waals surface area contributed by atoms with Crippen molar-refractivity contribution in [1.82, 2.24) is 4.57 Å². The summed E-state index contributed by atoms with van der Waals surface area (Å²) in [6, 6.07) is 10.8. The smallest absolute Gasteiger partial charge is 0.434 e. The van der Waals surface area contributed by atoms with Crippen molar-refractivity contribution in [2.24, 2.45) is 4.99 Å². The fourth-order valence-electron chi connectivity index (χ4n) is 4.01. The van der Waals surface area contributed by atoms with E-state index in [9.17, 15) is 27.6 Å². The Labute approximate surface area is 234 Å². The molecule has 0 aliphatic carbocycles. The van der Waals surface area contributed by atoms with E-state index in [2.05, 4.69) is 4.99 Å². The molecule has 0 saturated carbocycles. The Kier molecular flexibility index (Phi) is 8.79. The van der Waals surface area contributed by atoms with Crippen LogP contribution in [0.15, 0.2) is 69.6 Å². The standard InChI is InChI=1S/C27H22ClF3N2O6S/c1-3-37-20(34)14-39-18-8-6-5-7-16(18)13-19-24(35)33-22(15-9-11-17(28)12-10-15)21(25(36)38-4-2)23(27(29,30)31)32-26(33)40-19/h5-13,22H,3-4,14H2,1-2H3/b19-13-/t22-/m1/s1. The molecule has 2 aromatic carbocycles. The van der Waals surface area contributed by atoms with Crippen molar-refractivity contribution in [3.05, 3.63) is 95.6 Å². The van der Waals surface area contributed by atoms with E-state index >= 15 is 0 Å². The molecule has 0 fully saturated rings. The van der Waals surface area contributed by atoms with Crippen molar-refractivity contribution in [1.29, 1.82) is 0 Å². The molecule has 0 saturated heterocycles. The molecule has 0 unspecified atom stereocenters. The lowest BCUT2D eigenvalue weighted by Gasteiger charge is -2.26. The highest BCUT2D eigenvalue weighted by molar-refractivity contribution is 7.07. The van der Waals surface area contributed by atoms with Crippen LogP contribution in [0.4, 0.5) is 13.2 Å². The van der Waals surface area contributed by atoms with E-state index in [0.717, 1.165) is 4.57 Å². The van der Waals surface area contributed by atoms with Gasteiger partial charge in [-0.15, -0.1) is 0 Å². The maximum Gasteiger partial charge on any atom is 0.434 e. The number of carbonyl (C=O) groups excluding carboxylic acids is 2. The van der Waals surface area contributed by atoms with Gasteiger partial charge in [0.05, 0.1) is 29.4 Å². The zero-order valence-electron chi connectivity index (χ0n) is 21.2. The molecule has 13 heteroatoms. The average molecular weight is 595 g/mol. The van der Waals surface area contributed by atoms with Crippen molar-refractivity contribution in [3.8, 4) is 5.75 Å². The largest absolute Gasteiger partial charge is 0.481 e. The Morgan fingerprint density at radius 2 is 1.75 bits per heavy atom. The summed E-state index contributed by atoms with van der Waals surface area (Å²) >= 11 is 6.70. The van der Waals surface area contributed by atoms with Crippen LogP contribution >= 0.6 is 22.9 Å². The number of hydrogen-bond acceptors (Lipinski definition) is 8. The molecule has 1 atom stereocenters. The van der Waals surface area contributed by atoms with Crippen molar-refractivity contribution in [3.63, 3.8) is 0 Å². The minimum absolute atomic E-state index is 0.0246. The van der Waals surface area contributed by atoms with E-state index in [0.29, 0.717) is 21.9 Å². The Bertz CT molecular complexity index is 1640. The van der Waals surface area contributed by atoms with Gasteiger partial charge < -0.3 is 14.2 Å². The fourth-order valence-corrected chi connectivity index (χ4v) is 5.13. The van der Waals surface area contributed by atoms with Gasteiger partial charge in [-0.1, -0.05) is 53.3 Å². The lowest BCUT2D eigenvalue weighted by atomic mass is 9.95. The average Bonchev–Trinajstić information content (AvgIpc) is 3.22. The summed E-state index contributed by atoms with van der Waals surface area (Å²) in [7, 11) is 0. The van der Waals surface area contributed by atoms with Crippen LogP contribution in [0.5, 0.6) is 5.75 Å². The predicted molar refractivity (Wildman–Crippen MR) is 141 cm³/mol. The number of nitrogens with zero attached hydrogens (tertiary/aromatic N) is 2. The van der Waals surface area contributed by atoms with E-state index < -0.39 is 41.0 Å². The molecule has 8 nitrogen and oxygen atoms in total. The van der Waals surface area contributed by atoms with E-state index in [-0.39, 0.29) is 40.5 Å². The molecule has 1 aliphatic heterocycles. The number of aromatic nitrogens is 1. The molecular formula is C27H22ClF3N2O6S. The summed E-state index contributed by atoms with van der Waals surface area (Å²) in [6.45, 7) is 2.72. The van der Waals surface area contributed by atoms with Crippen molar-refractivity contribution in [2.75, 3.05) is 19.8 Å². The second-order valence-corrected chi connectivity index (χ2v) is 9.69.